The number of anilines is 1. The molecular weight excluding hydrogens is 773 g/mol. The molecule has 0 radical (unpaired) electrons. The maximum absolute atomic E-state index is 14.8. The number of benzene rings is 1. The Labute approximate surface area is 355 Å². The van der Waals surface area contributed by atoms with E-state index in [2.05, 4.69) is 10.6 Å². The summed E-state index contributed by atoms with van der Waals surface area (Å²) in [5.74, 6) is -2.39. The normalized spacial score (nSPS) is 17.7. The number of amides is 3. The number of nitrogens with one attached hydrogen (secondary N) is 2. The first-order chi connectivity index (χ1) is 28.0. The number of nitrogens with two attached hydrogens (primary N) is 1. The predicted octanol–water partition coefficient (Wildman–Crippen LogP) is 6.15. The quantitative estimate of drug-likeness (QED) is 0.0663. The van der Waals surface area contributed by atoms with E-state index in [1.807, 2.05) is 65.6 Å². The minimum Gasteiger partial charge on any atom is -0.466 e. The molecule has 330 valence electrons. The third-order valence-electron chi connectivity index (χ3n) is 11.1. The van der Waals surface area contributed by atoms with Crippen LogP contribution in [-0.2, 0) is 39.8 Å². The molecule has 2 heterocycles. The Morgan fingerprint density at radius 3 is 2.27 bits per heavy atom. The van der Waals surface area contributed by atoms with Crippen molar-refractivity contribution in [3.8, 4) is 0 Å². The fourth-order valence-corrected chi connectivity index (χ4v) is 8.28. The van der Waals surface area contributed by atoms with Crippen LogP contribution in [0.25, 0.3) is 0 Å². The van der Waals surface area contributed by atoms with Gasteiger partial charge in [-0.1, -0.05) is 73.4 Å². The number of carbonyl (C=O) groups excluding carboxylic acids is 5. The van der Waals surface area contributed by atoms with Gasteiger partial charge in [0.2, 0.25) is 11.8 Å². The molecule has 14 nitrogen and oxygen atoms in total. The standard InChI is InChI=1S/C44H70N6O8S/c1-11-29(7)39(48-41(53)35-15-13-14-20-49(35)9)43(54)50(26-58-38(51)21-27(3)4)36(28(5)6)24-37(56-10)42-47-34(25-59-42)40(52)46-33(22-30(8)44(55)57-12-2)23-31-16-18-32(45)19-17-31/h16-19,25,27-30,33,35-37,39H,11-15,20-24,26,45H2,1-10H3,(H,46,52)(H,48,53)/t29-,30?,33+,35+,36+,37+,39-/m0/s1. The van der Waals surface area contributed by atoms with E-state index < -0.39 is 42.0 Å². The molecule has 4 N–H and O–H groups in total. The van der Waals surface area contributed by atoms with Crippen molar-refractivity contribution in [3.05, 3.63) is 45.9 Å². The van der Waals surface area contributed by atoms with Gasteiger partial charge in [-0.15, -0.1) is 11.3 Å². The molecule has 1 unspecified atom stereocenters. The first-order valence-electron chi connectivity index (χ1n) is 21.3. The second kappa shape index (κ2) is 24.2. The van der Waals surface area contributed by atoms with Crippen molar-refractivity contribution in [1.29, 1.82) is 0 Å². The molecule has 3 amide bonds. The van der Waals surface area contributed by atoms with Gasteiger partial charge in [-0.05, 0) is 81.6 Å². The van der Waals surface area contributed by atoms with Crippen molar-refractivity contribution in [2.24, 2.45) is 23.7 Å². The number of nitrogen functional groups attached to an aromatic ring is 1. The zero-order chi connectivity index (χ0) is 43.8. The molecule has 1 aromatic heterocycles. The highest BCUT2D eigenvalue weighted by Crippen LogP contribution is 2.31. The zero-order valence-corrected chi connectivity index (χ0v) is 37.8. The number of carbonyl (C=O) groups is 5. The van der Waals surface area contributed by atoms with Crippen LogP contribution in [-0.4, -0.2) is 103 Å². The maximum atomic E-state index is 14.8. The summed E-state index contributed by atoms with van der Waals surface area (Å²) < 4.78 is 17.0. The number of likely N-dealkylation sites (N-methyl/N-ethyl adjacent to an activating group) is 1. The molecule has 0 saturated carbocycles. The maximum Gasteiger partial charge on any atom is 0.308 e. The highest BCUT2D eigenvalue weighted by Gasteiger charge is 2.39. The van der Waals surface area contributed by atoms with Crippen molar-refractivity contribution < 1.29 is 38.2 Å². The van der Waals surface area contributed by atoms with E-state index >= 15 is 0 Å². The highest BCUT2D eigenvalue weighted by atomic mass is 32.1. The van der Waals surface area contributed by atoms with Crippen LogP contribution in [0.2, 0.25) is 0 Å². The van der Waals surface area contributed by atoms with Gasteiger partial charge in [-0.2, -0.15) is 0 Å². The van der Waals surface area contributed by atoms with E-state index in [4.69, 9.17) is 24.9 Å². The lowest BCUT2D eigenvalue weighted by molar-refractivity contribution is -0.160. The number of nitrogens with zero attached hydrogens (tertiary/aromatic N) is 3. The first kappa shape index (κ1) is 49.3. The summed E-state index contributed by atoms with van der Waals surface area (Å²) in [5.41, 5.74) is 7.67. The second-order valence-corrected chi connectivity index (χ2v) is 17.7. The van der Waals surface area contributed by atoms with Crippen LogP contribution < -0.4 is 16.4 Å². The Balaban J connectivity index is 1.90. The second-order valence-electron chi connectivity index (χ2n) is 16.8. The zero-order valence-electron chi connectivity index (χ0n) is 37.0. The van der Waals surface area contributed by atoms with E-state index in [1.165, 1.54) is 11.3 Å². The molecule has 1 saturated heterocycles. The van der Waals surface area contributed by atoms with Crippen molar-refractivity contribution >= 4 is 46.7 Å². The predicted molar refractivity (Wildman–Crippen MR) is 230 cm³/mol. The number of aromatic nitrogens is 1. The summed E-state index contributed by atoms with van der Waals surface area (Å²) in [6.07, 6.45) is 3.97. The third kappa shape index (κ3) is 15.2. The van der Waals surface area contributed by atoms with E-state index in [0.29, 0.717) is 36.4 Å². The van der Waals surface area contributed by atoms with Crippen LogP contribution >= 0.6 is 11.3 Å². The van der Waals surface area contributed by atoms with E-state index in [1.54, 1.807) is 43.4 Å². The summed E-state index contributed by atoms with van der Waals surface area (Å²) in [6, 6.07) is 5.29. The molecular formula is C44H70N6O8S. The number of piperidine rings is 1. The molecule has 2 aromatic rings. The monoisotopic (exact) mass is 842 g/mol. The van der Waals surface area contributed by atoms with Crippen molar-refractivity contribution in [1.82, 2.24) is 25.4 Å². The number of methoxy groups -OCH3 is 1. The Hall–Kier alpha value is -4.08. The number of esters is 2. The van der Waals surface area contributed by atoms with Crippen LogP contribution in [0.15, 0.2) is 29.6 Å². The average molecular weight is 843 g/mol. The van der Waals surface area contributed by atoms with Gasteiger partial charge in [0.15, 0.2) is 6.73 Å². The van der Waals surface area contributed by atoms with Crippen LogP contribution in [0.1, 0.15) is 127 Å². The number of likely N-dealkylation sites (tertiary alicyclic amines) is 1. The number of hydrogen-bond acceptors (Lipinski definition) is 12. The lowest BCUT2D eigenvalue weighted by atomic mass is 9.92. The molecule has 3 rings (SSSR count). The van der Waals surface area contributed by atoms with E-state index in [9.17, 15) is 24.0 Å². The molecule has 0 spiro atoms. The van der Waals surface area contributed by atoms with E-state index in [0.717, 1.165) is 24.9 Å². The summed E-state index contributed by atoms with van der Waals surface area (Å²) in [4.78, 5) is 76.0. The Kier molecular flexibility index (Phi) is 20.3. The minimum absolute atomic E-state index is 0.0651. The molecule has 1 aliphatic heterocycles. The molecule has 59 heavy (non-hydrogen) atoms. The van der Waals surface area contributed by atoms with Crippen LogP contribution in [0.4, 0.5) is 5.69 Å². The Morgan fingerprint density at radius 2 is 1.68 bits per heavy atom. The van der Waals surface area contributed by atoms with Gasteiger partial charge >= 0.3 is 11.9 Å². The van der Waals surface area contributed by atoms with Crippen molar-refractivity contribution in [3.63, 3.8) is 0 Å². The molecule has 0 bridgehead atoms. The van der Waals surface area contributed by atoms with Gasteiger partial charge in [0, 0.05) is 43.1 Å². The summed E-state index contributed by atoms with van der Waals surface area (Å²) in [5, 5.41) is 8.40. The highest BCUT2D eigenvalue weighted by molar-refractivity contribution is 7.09. The Morgan fingerprint density at radius 1 is 0.983 bits per heavy atom. The number of ether oxygens (including phenoxy) is 3. The number of rotatable bonds is 23. The van der Waals surface area contributed by atoms with E-state index in [-0.39, 0.29) is 73.5 Å². The van der Waals surface area contributed by atoms with Crippen LogP contribution in [0.3, 0.4) is 0 Å². The summed E-state index contributed by atoms with van der Waals surface area (Å²) in [6.45, 7) is 16.1. The molecule has 1 aromatic carbocycles. The lowest BCUT2D eigenvalue weighted by Gasteiger charge is -2.39. The van der Waals surface area contributed by atoms with Gasteiger partial charge in [-0.25, -0.2) is 4.98 Å². The summed E-state index contributed by atoms with van der Waals surface area (Å²) >= 11 is 1.27. The van der Waals surface area contributed by atoms with Crippen LogP contribution in [0, 0.1) is 23.7 Å². The topological polar surface area (TPSA) is 182 Å². The van der Waals surface area contributed by atoms with Crippen molar-refractivity contribution in [2.45, 2.75) is 137 Å². The summed E-state index contributed by atoms with van der Waals surface area (Å²) in [7, 11) is 3.49. The Bertz CT molecular complexity index is 1650. The fraction of sp³-hybridized carbons (Fsp3) is 0.682. The van der Waals surface area contributed by atoms with Gasteiger partial charge in [0.05, 0.1) is 18.6 Å². The van der Waals surface area contributed by atoms with Gasteiger partial charge < -0.3 is 35.5 Å². The smallest absolute Gasteiger partial charge is 0.308 e. The molecule has 0 aliphatic carbocycles. The molecule has 7 atom stereocenters. The largest absolute Gasteiger partial charge is 0.466 e. The van der Waals surface area contributed by atoms with Gasteiger partial charge in [0.1, 0.15) is 22.8 Å². The number of hydrogen-bond donors (Lipinski definition) is 3. The molecule has 1 aliphatic rings. The van der Waals surface area contributed by atoms with Crippen LogP contribution in [0.5, 0.6) is 0 Å². The van der Waals surface area contributed by atoms with Gasteiger partial charge in [0.25, 0.3) is 5.91 Å². The average Bonchev–Trinajstić information content (AvgIpc) is 3.69. The van der Waals surface area contributed by atoms with Gasteiger partial charge in [-0.3, -0.25) is 28.9 Å². The molecule has 15 heteroatoms. The third-order valence-corrected chi connectivity index (χ3v) is 12.1. The van der Waals surface area contributed by atoms with Crippen molar-refractivity contribution in [2.75, 3.05) is 39.8 Å². The minimum atomic E-state index is -0.850. The fourth-order valence-electron chi connectivity index (χ4n) is 7.39. The molecule has 1 fully saturated rings. The SMILES string of the molecule is CCOC(=O)C(C)C[C@H](Cc1ccc(N)cc1)NC(=O)c1csc([C@@H](C[C@H](C(C)C)N(COC(=O)CC(C)C)C(=O)[C@@H](NC(=O)[C@H]2CCCCN2C)[C@@H](C)CC)OC)n1. The number of thiazole rings is 1. The lowest BCUT2D eigenvalue weighted by Crippen LogP contribution is -2.59. The first-order valence-corrected chi connectivity index (χ1v) is 22.1.